The van der Waals surface area contributed by atoms with Crippen molar-refractivity contribution >= 4 is 16.8 Å². The molecule has 0 aliphatic carbocycles. The second-order valence-electron chi connectivity index (χ2n) is 7.09. The molecular formula is C25H24N2O2. The van der Waals surface area contributed by atoms with Crippen molar-refractivity contribution in [3.05, 3.63) is 83.7 Å². The highest BCUT2D eigenvalue weighted by Gasteiger charge is 2.10. The number of hydrogen-bond donors (Lipinski definition) is 1. The van der Waals surface area contributed by atoms with Gasteiger partial charge in [-0.25, -0.2) is 4.98 Å². The molecule has 4 rings (SSSR count). The number of aromatic amines is 1. The third-order valence-corrected chi connectivity index (χ3v) is 5.03. The van der Waals surface area contributed by atoms with Gasteiger partial charge in [0.05, 0.1) is 17.6 Å². The summed E-state index contributed by atoms with van der Waals surface area (Å²) in [5.41, 5.74) is 5.89. The van der Waals surface area contributed by atoms with Crippen molar-refractivity contribution < 1.29 is 9.53 Å². The van der Waals surface area contributed by atoms with Crippen LogP contribution in [0.2, 0.25) is 0 Å². The molecule has 1 N–H and O–H groups in total. The first-order chi connectivity index (χ1) is 14.1. The van der Waals surface area contributed by atoms with Crippen molar-refractivity contribution in [3.8, 4) is 16.9 Å². The monoisotopic (exact) mass is 384 g/mol. The topological polar surface area (TPSA) is 55.0 Å². The summed E-state index contributed by atoms with van der Waals surface area (Å²) < 4.78 is 5.49. The molecule has 0 saturated carbocycles. The molecule has 0 saturated heterocycles. The number of benzene rings is 3. The highest BCUT2D eigenvalue weighted by atomic mass is 16.5. The summed E-state index contributed by atoms with van der Waals surface area (Å²) in [7, 11) is 0. The zero-order valence-corrected chi connectivity index (χ0v) is 16.7. The Morgan fingerprint density at radius 3 is 2.55 bits per heavy atom. The number of fused-ring (bicyclic) bond motifs is 1. The fourth-order valence-corrected chi connectivity index (χ4v) is 3.57. The molecule has 0 bridgehead atoms. The summed E-state index contributed by atoms with van der Waals surface area (Å²) in [6.07, 6.45) is 1.74. The van der Waals surface area contributed by atoms with E-state index in [1.165, 1.54) is 5.56 Å². The summed E-state index contributed by atoms with van der Waals surface area (Å²) in [4.78, 5) is 20.1. The maximum absolute atomic E-state index is 12.0. The maximum atomic E-state index is 12.0. The van der Waals surface area contributed by atoms with Crippen LogP contribution in [0.3, 0.4) is 0 Å². The van der Waals surface area contributed by atoms with Crippen molar-refractivity contribution in [1.29, 1.82) is 0 Å². The Morgan fingerprint density at radius 2 is 1.79 bits per heavy atom. The maximum Gasteiger partial charge on any atom is 0.160 e. The first-order valence-corrected chi connectivity index (χ1v) is 9.95. The fraction of sp³-hybridized carbons (Fsp3) is 0.200. The van der Waals surface area contributed by atoms with Crippen molar-refractivity contribution in [2.45, 2.75) is 26.7 Å². The minimum atomic E-state index is 0.0707. The minimum absolute atomic E-state index is 0.0707. The van der Waals surface area contributed by atoms with Crippen LogP contribution in [0, 0.1) is 0 Å². The van der Waals surface area contributed by atoms with Gasteiger partial charge in [-0.15, -0.1) is 0 Å². The predicted octanol–water partition coefficient (Wildman–Crippen LogP) is 5.62. The molecule has 0 spiro atoms. The molecule has 4 heteroatoms. The second kappa shape index (κ2) is 8.31. The number of ketones is 1. The summed E-state index contributed by atoms with van der Waals surface area (Å²) in [5, 5.41) is 0. The summed E-state index contributed by atoms with van der Waals surface area (Å²) >= 11 is 0. The van der Waals surface area contributed by atoms with Gasteiger partial charge in [-0.1, -0.05) is 42.5 Å². The Kier molecular flexibility index (Phi) is 5.43. The number of carbonyl (C=O) groups is 1. The van der Waals surface area contributed by atoms with Gasteiger partial charge in [0.1, 0.15) is 11.6 Å². The molecule has 0 aliphatic rings. The van der Waals surface area contributed by atoms with Crippen LogP contribution in [-0.2, 0) is 12.8 Å². The van der Waals surface area contributed by atoms with Gasteiger partial charge in [-0.2, -0.15) is 0 Å². The summed E-state index contributed by atoms with van der Waals surface area (Å²) in [5.74, 6) is 1.94. The number of aryl methyl sites for hydroxylation is 2. The lowest BCUT2D eigenvalue weighted by molar-refractivity contribution is 0.101. The normalized spacial score (nSPS) is 11.0. The highest BCUT2D eigenvalue weighted by molar-refractivity contribution is 6.01. The summed E-state index contributed by atoms with van der Waals surface area (Å²) in [6.45, 7) is 4.27. The molecule has 0 fully saturated rings. The predicted molar refractivity (Wildman–Crippen MR) is 117 cm³/mol. The Labute approximate surface area is 170 Å². The first-order valence-electron chi connectivity index (χ1n) is 9.95. The van der Waals surface area contributed by atoms with Crippen LogP contribution >= 0.6 is 0 Å². The summed E-state index contributed by atoms with van der Waals surface area (Å²) in [6, 6.07) is 22.1. The number of carbonyl (C=O) groups excluding carboxylic acids is 1. The Morgan fingerprint density at radius 1 is 1.00 bits per heavy atom. The van der Waals surface area contributed by atoms with Crippen molar-refractivity contribution in [2.24, 2.45) is 0 Å². The van der Waals surface area contributed by atoms with Gasteiger partial charge in [0.25, 0.3) is 0 Å². The van der Waals surface area contributed by atoms with Gasteiger partial charge in [0.2, 0.25) is 0 Å². The number of ether oxygens (including phenoxy) is 1. The average molecular weight is 384 g/mol. The van der Waals surface area contributed by atoms with Gasteiger partial charge in [0, 0.05) is 12.0 Å². The van der Waals surface area contributed by atoms with Crippen LogP contribution < -0.4 is 4.74 Å². The molecule has 29 heavy (non-hydrogen) atoms. The van der Waals surface area contributed by atoms with E-state index in [1.54, 1.807) is 6.92 Å². The van der Waals surface area contributed by atoms with E-state index in [0.29, 0.717) is 6.61 Å². The molecule has 146 valence electrons. The molecule has 4 nitrogen and oxygen atoms in total. The largest absolute Gasteiger partial charge is 0.494 e. The van der Waals surface area contributed by atoms with Gasteiger partial charge in [0.15, 0.2) is 5.78 Å². The van der Waals surface area contributed by atoms with Crippen molar-refractivity contribution in [2.75, 3.05) is 6.61 Å². The zero-order valence-electron chi connectivity index (χ0n) is 16.7. The van der Waals surface area contributed by atoms with Gasteiger partial charge < -0.3 is 9.72 Å². The van der Waals surface area contributed by atoms with E-state index in [2.05, 4.69) is 23.2 Å². The highest BCUT2D eigenvalue weighted by Crippen LogP contribution is 2.27. The van der Waals surface area contributed by atoms with Crippen LogP contribution in [0.25, 0.3) is 22.2 Å². The number of aromatic nitrogens is 2. The smallest absolute Gasteiger partial charge is 0.160 e. The molecule has 0 aliphatic heterocycles. The van der Waals surface area contributed by atoms with E-state index in [-0.39, 0.29) is 5.78 Å². The van der Waals surface area contributed by atoms with Crippen molar-refractivity contribution in [1.82, 2.24) is 9.97 Å². The minimum Gasteiger partial charge on any atom is -0.494 e. The van der Waals surface area contributed by atoms with E-state index in [0.717, 1.165) is 52.1 Å². The third kappa shape index (κ3) is 4.21. The first kappa shape index (κ1) is 18.9. The van der Waals surface area contributed by atoms with Crippen LogP contribution in [-0.4, -0.2) is 22.4 Å². The molecular weight excluding hydrogens is 360 g/mol. The van der Waals surface area contributed by atoms with Crippen molar-refractivity contribution in [3.63, 3.8) is 0 Å². The zero-order chi connectivity index (χ0) is 20.2. The Bertz CT molecular complexity index is 1140. The van der Waals surface area contributed by atoms with Gasteiger partial charge >= 0.3 is 0 Å². The molecule has 3 aromatic carbocycles. The Hall–Kier alpha value is -3.40. The molecule has 4 aromatic rings. The fourth-order valence-electron chi connectivity index (χ4n) is 3.57. The number of imidazole rings is 1. The lowest BCUT2D eigenvalue weighted by Crippen LogP contribution is -1.95. The number of H-pyrrole nitrogens is 1. The molecule has 0 amide bonds. The number of nitrogens with one attached hydrogen (secondary N) is 1. The molecule has 0 atom stereocenters. The standard InChI is InChI=1S/C25H24N2O2/c1-3-29-20-12-8-18(9-13-20)10-15-25-26-23-14-11-19(16-24(23)27-25)22-7-5-4-6-21(22)17(2)28/h4-9,11-14,16H,3,10,15H2,1-2H3,(H,26,27). The molecule has 0 radical (unpaired) electrons. The van der Waals surface area contributed by atoms with E-state index < -0.39 is 0 Å². The number of nitrogens with zero attached hydrogens (tertiary/aromatic N) is 1. The number of rotatable bonds is 7. The van der Waals surface area contributed by atoms with E-state index in [1.807, 2.05) is 55.5 Å². The van der Waals surface area contributed by atoms with Crippen LogP contribution in [0.15, 0.2) is 66.7 Å². The lowest BCUT2D eigenvalue weighted by Gasteiger charge is -2.06. The third-order valence-electron chi connectivity index (χ3n) is 5.03. The van der Waals surface area contributed by atoms with E-state index >= 15 is 0 Å². The van der Waals surface area contributed by atoms with Crippen LogP contribution in [0.5, 0.6) is 5.75 Å². The number of Topliss-reactive ketones (excluding diaryl/α,β-unsaturated/α-hetero) is 1. The van der Waals surface area contributed by atoms with E-state index in [4.69, 9.17) is 9.72 Å². The average Bonchev–Trinajstić information content (AvgIpc) is 3.15. The number of hydrogen-bond acceptors (Lipinski definition) is 3. The van der Waals surface area contributed by atoms with Gasteiger partial charge in [-0.3, -0.25) is 4.79 Å². The molecule has 0 unspecified atom stereocenters. The second-order valence-corrected chi connectivity index (χ2v) is 7.09. The van der Waals surface area contributed by atoms with E-state index in [9.17, 15) is 4.79 Å². The Balaban J connectivity index is 1.54. The van der Waals surface area contributed by atoms with Gasteiger partial charge in [-0.05, 0) is 61.2 Å². The SMILES string of the molecule is CCOc1ccc(CCc2nc3ccc(-c4ccccc4C(C)=O)cc3[nH]2)cc1. The lowest BCUT2D eigenvalue weighted by atomic mass is 9.97. The quantitative estimate of drug-likeness (QED) is 0.421. The molecule has 1 aromatic heterocycles. The molecule has 1 heterocycles. The van der Waals surface area contributed by atoms with Crippen LogP contribution in [0.1, 0.15) is 35.6 Å². The van der Waals surface area contributed by atoms with Crippen LogP contribution in [0.4, 0.5) is 0 Å².